The van der Waals surface area contributed by atoms with Crippen molar-refractivity contribution in [1.29, 1.82) is 0 Å². The third-order valence-corrected chi connectivity index (χ3v) is 9.18. The smallest absolute Gasteiger partial charge is 0.315 e. The molecule has 0 aromatic rings. The largest absolute Gasteiger partial charge is 0.383 e. The first kappa shape index (κ1) is 23.2. The topological polar surface area (TPSA) is 73.9 Å². The molecule has 4 saturated heterocycles. The molecule has 0 saturated carbocycles. The second-order valence-corrected chi connectivity index (χ2v) is 11.0. The molecule has 0 aromatic carbocycles. The Morgan fingerprint density at radius 3 is 2.94 bits per heavy atom. The number of nitrogens with zero attached hydrogens (tertiary/aromatic N) is 2. The van der Waals surface area contributed by atoms with Crippen molar-refractivity contribution in [2.24, 2.45) is 5.92 Å². The summed E-state index contributed by atoms with van der Waals surface area (Å²) in [5, 5.41) is 6.54. The molecule has 4 rings (SSSR count). The zero-order valence-corrected chi connectivity index (χ0v) is 19.8. The van der Waals surface area contributed by atoms with E-state index >= 15 is 0 Å². The van der Waals surface area contributed by atoms with Crippen LogP contribution in [0.4, 0.5) is 4.79 Å². The number of nitrogens with one attached hydrogen (secondary N) is 2. The number of hydrogen-bond donors (Lipinski definition) is 2. The van der Waals surface area contributed by atoms with Crippen molar-refractivity contribution in [2.45, 2.75) is 81.2 Å². The number of rotatable bonds is 10. The lowest BCUT2D eigenvalue weighted by Crippen LogP contribution is -2.52. The number of hydrogen-bond acceptors (Lipinski definition) is 5. The zero-order valence-electron chi connectivity index (χ0n) is 19.0. The van der Waals surface area contributed by atoms with E-state index in [1.807, 2.05) is 11.8 Å². The summed E-state index contributed by atoms with van der Waals surface area (Å²) in [4.78, 5) is 29.4. The number of thioether (sulfide) groups is 1. The van der Waals surface area contributed by atoms with Crippen molar-refractivity contribution in [3.63, 3.8) is 0 Å². The van der Waals surface area contributed by atoms with Crippen molar-refractivity contribution in [1.82, 2.24) is 20.4 Å². The van der Waals surface area contributed by atoms with Crippen LogP contribution >= 0.6 is 11.8 Å². The Morgan fingerprint density at radius 1 is 1.19 bits per heavy atom. The summed E-state index contributed by atoms with van der Waals surface area (Å²) in [7, 11) is 1.72. The van der Waals surface area contributed by atoms with E-state index in [4.69, 9.17) is 4.74 Å². The normalized spacial score (nSPS) is 32.8. The Bertz CT molecular complexity index is 620. The molecule has 4 aliphatic rings. The van der Waals surface area contributed by atoms with Crippen molar-refractivity contribution in [3.05, 3.63) is 0 Å². The molecule has 176 valence electrons. The fraction of sp³-hybridized carbons (Fsp3) is 0.913. The monoisotopic (exact) mass is 452 g/mol. The van der Waals surface area contributed by atoms with Crippen molar-refractivity contribution in [3.8, 4) is 0 Å². The van der Waals surface area contributed by atoms with Crippen LogP contribution < -0.4 is 10.6 Å². The van der Waals surface area contributed by atoms with Crippen molar-refractivity contribution in [2.75, 3.05) is 45.6 Å². The summed E-state index contributed by atoms with van der Waals surface area (Å²) in [5.74, 6) is 1.90. The predicted molar refractivity (Wildman–Crippen MR) is 124 cm³/mol. The molecule has 2 N–H and O–H groups in total. The summed E-state index contributed by atoms with van der Waals surface area (Å²) in [5.41, 5.74) is 0. The van der Waals surface area contributed by atoms with Gasteiger partial charge in [-0.15, -0.1) is 0 Å². The van der Waals surface area contributed by atoms with Gasteiger partial charge in [0.15, 0.2) is 0 Å². The second-order valence-electron chi connectivity index (χ2n) is 9.70. The first-order valence-electron chi connectivity index (χ1n) is 12.3. The van der Waals surface area contributed by atoms with Crippen LogP contribution in [0.2, 0.25) is 0 Å². The lowest BCUT2D eigenvalue weighted by molar-refractivity contribution is -0.133. The van der Waals surface area contributed by atoms with E-state index in [0.717, 1.165) is 31.6 Å². The highest BCUT2D eigenvalue weighted by Crippen LogP contribution is 2.34. The minimum atomic E-state index is -0.0245. The molecule has 0 bridgehead atoms. The number of carbonyl (C=O) groups is 2. The first-order chi connectivity index (χ1) is 15.2. The van der Waals surface area contributed by atoms with Gasteiger partial charge in [0.25, 0.3) is 0 Å². The van der Waals surface area contributed by atoms with Gasteiger partial charge in [-0.2, -0.15) is 11.8 Å². The Morgan fingerprint density at radius 2 is 2.06 bits per heavy atom. The molecule has 31 heavy (non-hydrogen) atoms. The van der Waals surface area contributed by atoms with E-state index in [2.05, 4.69) is 20.4 Å². The molecular weight excluding hydrogens is 412 g/mol. The van der Waals surface area contributed by atoms with E-state index in [1.54, 1.807) is 7.11 Å². The Balaban J connectivity index is 1.22. The Hall–Kier alpha value is -0.990. The summed E-state index contributed by atoms with van der Waals surface area (Å²) in [6, 6.07) is 1.19. The van der Waals surface area contributed by atoms with E-state index in [1.165, 1.54) is 45.2 Å². The molecule has 4 fully saturated rings. The van der Waals surface area contributed by atoms with E-state index < -0.39 is 0 Å². The Kier molecular flexibility index (Phi) is 8.40. The van der Waals surface area contributed by atoms with E-state index in [9.17, 15) is 9.59 Å². The summed E-state index contributed by atoms with van der Waals surface area (Å²) in [6.07, 6.45) is 10.1. The van der Waals surface area contributed by atoms with Gasteiger partial charge in [0.1, 0.15) is 0 Å². The Labute approximate surface area is 191 Å². The van der Waals surface area contributed by atoms with Crippen LogP contribution in [0.1, 0.15) is 57.8 Å². The quantitative estimate of drug-likeness (QED) is 0.393. The number of ether oxygens (including phenoxy) is 1. The fourth-order valence-electron chi connectivity index (χ4n) is 6.02. The number of piperidine rings is 2. The third kappa shape index (κ3) is 5.88. The molecule has 3 amide bonds. The van der Waals surface area contributed by atoms with Crippen LogP contribution in [0.15, 0.2) is 0 Å². The van der Waals surface area contributed by atoms with Crippen LogP contribution in [0.3, 0.4) is 0 Å². The van der Waals surface area contributed by atoms with Crippen molar-refractivity contribution >= 4 is 23.7 Å². The molecule has 5 atom stereocenters. The number of fused-ring (bicyclic) bond motifs is 2. The van der Waals surface area contributed by atoms with Gasteiger partial charge in [-0.05, 0) is 57.5 Å². The van der Waals surface area contributed by atoms with Crippen LogP contribution in [-0.4, -0.2) is 90.8 Å². The average Bonchev–Trinajstić information content (AvgIpc) is 3.33. The third-order valence-electron chi connectivity index (χ3n) is 7.67. The fourth-order valence-corrected chi connectivity index (χ4v) is 7.56. The van der Waals surface area contributed by atoms with Gasteiger partial charge in [-0.3, -0.25) is 4.79 Å². The standard InChI is InChI=1S/C23H40N4O3S/c1-30-14-13-27(15-17-7-6-12-26-11-5-4-8-19(17)26)21(28)10-3-2-9-20-22-18(16-31-20)24-23(29)25-22/h17-20,22H,2-16H2,1H3,(H2,24,25,29)/t17-,18-,19+,20?,22-/m0/s1. The lowest BCUT2D eigenvalue weighted by Gasteiger charge is -2.45. The van der Waals surface area contributed by atoms with Gasteiger partial charge >= 0.3 is 6.03 Å². The molecule has 7 nitrogen and oxygen atoms in total. The minimum Gasteiger partial charge on any atom is -0.383 e. The molecule has 0 spiro atoms. The van der Waals surface area contributed by atoms with Crippen LogP contribution in [-0.2, 0) is 9.53 Å². The lowest BCUT2D eigenvalue weighted by atomic mass is 9.83. The van der Waals surface area contributed by atoms with Gasteiger partial charge in [0, 0.05) is 43.7 Å². The summed E-state index contributed by atoms with van der Waals surface area (Å²) in [6.45, 7) is 4.69. The molecule has 1 unspecified atom stereocenters. The molecule has 0 aromatic heterocycles. The number of urea groups is 1. The van der Waals surface area contributed by atoms with Crippen molar-refractivity contribution < 1.29 is 14.3 Å². The first-order valence-corrected chi connectivity index (χ1v) is 13.4. The van der Waals surface area contributed by atoms with Gasteiger partial charge in [0.2, 0.25) is 5.91 Å². The maximum Gasteiger partial charge on any atom is 0.315 e. The maximum absolute atomic E-state index is 13.1. The van der Waals surface area contributed by atoms with Gasteiger partial charge in [-0.1, -0.05) is 12.8 Å². The van der Waals surface area contributed by atoms with Gasteiger partial charge < -0.3 is 25.2 Å². The maximum atomic E-state index is 13.1. The molecular formula is C23H40N4O3S. The average molecular weight is 453 g/mol. The number of unbranched alkanes of at least 4 members (excludes halogenated alkanes) is 1. The molecule has 4 aliphatic heterocycles. The highest BCUT2D eigenvalue weighted by atomic mass is 32.2. The summed E-state index contributed by atoms with van der Waals surface area (Å²) >= 11 is 1.95. The zero-order chi connectivity index (χ0) is 21.6. The van der Waals surface area contributed by atoms with Gasteiger partial charge in [-0.25, -0.2) is 4.79 Å². The van der Waals surface area contributed by atoms with Crippen LogP contribution in [0.5, 0.6) is 0 Å². The SMILES string of the molecule is COCCN(C[C@@H]1CCCN2CCCC[C@H]12)C(=O)CCCCC1SC[C@@H]2NC(=O)N[C@H]12. The van der Waals surface area contributed by atoms with Gasteiger partial charge in [0.05, 0.1) is 18.7 Å². The molecule has 0 aliphatic carbocycles. The number of carbonyl (C=O) groups excluding carboxylic acids is 2. The summed E-state index contributed by atoms with van der Waals surface area (Å²) < 4.78 is 5.31. The molecule has 8 heteroatoms. The molecule has 0 radical (unpaired) electrons. The van der Waals surface area contributed by atoms with Crippen LogP contribution in [0.25, 0.3) is 0 Å². The van der Waals surface area contributed by atoms with E-state index in [0.29, 0.717) is 36.8 Å². The number of amides is 3. The van der Waals surface area contributed by atoms with E-state index in [-0.39, 0.29) is 24.0 Å². The predicted octanol–water partition coefficient (Wildman–Crippen LogP) is 2.45. The highest BCUT2D eigenvalue weighted by molar-refractivity contribution is 8.00. The highest BCUT2D eigenvalue weighted by Gasteiger charge is 2.42. The van der Waals surface area contributed by atoms with Crippen LogP contribution in [0, 0.1) is 5.92 Å². The number of methoxy groups -OCH3 is 1. The molecule has 4 heterocycles. The minimum absolute atomic E-state index is 0.0245. The second kappa shape index (κ2) is 11.2.